The van der Waals surface area contributed by atoms with E-state index in [9.17, 15) is 10.1 Å². The SMILES string of the molecule is COc1cc2c(cc1OC(=O)OC(C)(C)C)CCN[C@]21CS[C@@H]2c3c(OCc4ccccc4)c(C)c4c(c3[C@@H](COC1=O)N1C2[C@@H]2c3c(cc(C)c(OC)c3OCc3ccccc3)C[C@H]([C@@H]1C#N)N2C)OCO4. The molecule has 5 aromatic carbocycles. The number of carbonyl (C=O) groups excluding carboxylic acids is 2. The number of nitrogens with zero attached hydrogens (tertiary/aromatic N) is 3. The van der Waals surface area contributed by atoms with E-state index >= 15 is 4.79 Å². The molecule has 2 fully saturated rings. The van der Waals surface area contributed by atoms with Gasteiger partial charge >= 0.3 is 12.1 Å². The highest BCUT2D eigenvalue weighted by Gasteiger charge is 2.62. The molecule has 2 saturated heterocycles. The maximum absolute atomic E-state index is 15.4. The number of esters is 1. The van der Waals surface area contributed by atoms with Crippen molar-refractivity contribution < 1.29 is 52.2 Å². The molecule has 380 valence electrons. The van der Waals surface area contributed by atoms with Crippen LogP contribution in [0.1, 0.15) is 93.7 Å². The summed E-state index contributed by atoms with van der Waals surface area (Å²) in [5.41, 5.74) is 6.75. The smallest absolute Gasteiger partial charge is 0.493 e. The Morgan fingerprint density at radius 2 is 1.56 bits per heavy atom. The molecular weight excluding hydrogens is 949 g/mol. The van der Waals surface area contributed by atoms with Gasteiger partial charge in [-0.15, -0.1) is 11.8 Å². The highest BCUT2D eigenvalue weighted by atomic mass is 32.2. The molecule has 12 rings (SSSR count). The first-order valence-corrected chi connectivity index (χ1v) is 25.8. The number of likely N-dealkylation sites (N-methyl/N-ethyl adjacent to an activating group) is 1. The first-order chi connectivity index (χ1) is 35.2. The summed E-state index contributed by atoms with van der Waals surface area (Å²) in [7, 11) is 5.30. The lowest BCUT2D eigenvalue weighted by Gasteiger charge is -2.62. The van der Waals surface area contributed by atoms with Crippen LogP contribution in [0.2, 0.25) is 0 Å². The number of nitrogens with one attached hydrogen (secondary N) is 1. The third kappa shape index (κ3) is 8.25. The summed E-state index contributed by atoms with van der Waals surface area (Å²) in [6.45, 7) is 10.2. The Morgan fingerprint density at radius 1 is 0.863 bits per heavy atom. The summed E-state index contributed by atoms with van der Waals surface area (Å²) >= 11 is 1.61. The summed E-state index contributed by atoms with van der Waals surface area (Å²) in [5, 5.41) is 14.8. The maximum Gasteiger partial charge on any atom is 0.514 e. The second-order valence-electron chi connectivity index (χ2n) is 20.6. The van der Waals surface area contributed by atoms with Crippen molar-refractivity contribution in [1.29, 1.82) is 5.26 Å². The second-order valence-corrected chi connectivity index (χ2v) is 21.7. The summed E-state index contributed by atoms with van der Waals surface area (Å²) in [6.07, 6.45) is 0.220. The average molecular weight is 1010 g/mol. The summed E-state index contributed by atoms with van der Waals surface area (Å²) in [6, 6.07) is 26.2. The van der Waals surface area contributed by atoms with E-state index in [4.69, 9.17) is 42.6 Å². The van der Waals surface area contributed by atoms with Crippen molar-refractivity contribution in [1.82, 2.24) is 15.1 Å². The monoisotopic (exact) mass is 1010 g/mol. The zero-order valence-corrected chi connectivity index (χ0v) is 43.2. The maximum atomic E-state index is 15.4. The Labute approximate surface area is 429 Å². The van der Waals surface area contributed by atoms with Gasteiger partial charge in [-0.05, 0) is 100 Å². The second kappa shape index (κ2) is 19.0. The molecule has 7 heterocycles. The van der Waals surface area contributed by atoms with Gasteiger partial charge in [-0.2, -0.15) is 5.26 Å². The lowest BCUT2D eigenvalue weighted by Crippen LogP contribution is -2.69. The van der Waals surface area contributed by atoms with E-state index in [1.807, 2.05) is 74.5 Å². The summed E-state index contributed by atoms with van der Waals surface area (Å²) in [5.74, 6) is 3.23. The number of hydrogen-bond donors (Lipinski definition) is 1. The Hall–Kier alpha value is -6.64. The number of rotatable bonds is 9. The van der Waals surface area contributed by atoms with E-state index in [1.165, 1.54) is 7.11 Å². The molecule has 0 aliphatic carbocycles. The van der Waals surface area contributed by atoms with Crippen LogP contribution in [0.4, 0.5) is 4.79 Å². The number of thioether (sulfide) groups is 1. The molecule has 15 nitrogen and oxygen atoms in total. The van der Waals surface area contributed by atoms with Crippen LogP contribution in [-0.2, 0) is 45.9 Å². The molecule has 7 aliphatic rings. The molecule has 4 bridgehead atoms. The molecule has 0 saturated carbocycles. The zero-order chi connectivity index (χ0) is 50.9. The van der Waals surface area contributed by atoms with E-state index in [0.717, 1.165) is 50.1 Å². The molecule has 7 atom stereocenters. The highest BCUT2D eigenvalue weighted by Crippen LogP contribution is 2.65. The molecule has 0 amide bonds. The van der Waals surface area contributed by atoms with Crippen molar-refractivity contribution >= 4 is 23.9 Å². The van der Waals surface area contributed by atoms with Gasteiger partial charge in [0, 0.05) is 46.6 Å². The van der Waals surface area contributed by atoms with Gasteiger partial charge in [-0.25, -0.2) is 9.59 Å². The molecule has 73 heavy (non-hydrogen) atoms. The fourth-order valence-corrected chi connectivity index (χ4v) is 13.8. The molecular formula is C57H60N4O11S. The number of fused-ring (bicyclic) bond motifs is 9. The quantitative estimate of drug-likeness (QED) is 0.110. The number of carbonyl (C=O) groups is 2. The lowest BCUT2D eigenvalue weighted by molar-refractivity contribution is -0.157. The predicted molar refractivity (Wildman–Crippen MR) is 272 cm³/mol. The van der Waals surface area contributed by atoms with Crippen LogP contribution < -0.4 is 38.5 Å². The van der Waals surface area contributed by atoms with Crippen LogP contribution in [-0.4, -0.2) is 92.6 Å². The molecule has 5 aromatic rings. The third-order valence-electron chi connectivity index (χ3n) is 15.2. The van der Waals surface area contributed by atoms with Crippen LogP contribution in [0, 0.1) is 25.2 Å². The number of hydrogen-bond acceptors (Lipinski definition) is 16. The van der Waals surface area contributed by atoms with Crippen molar-refractivity contribution in [3.63, 3.8) is 0 Å². The third-order valence-corrected chi connectivity index (χ3v) is 16.7. The fraction of sp³-hybridized carbons (Fsp3) is 0.421. The number of aryl methyl sites for hydroxylation is 1. The van der Waals surface area contributed by atoms with E-state index < -0.39 is 46.6 Å². The number of methoxy groups -OCH3 is 2. The number of ether oxygens (including phenoxy) is 9. The fourth-order valence-electron chi connectivity index (χ4n) is 12.1. The molecule has 0 radical (unpaired) electrons. The van der Waals surface area contributed by atoms with Crippen LogP contribution in [0.25, 0.3) is 0 Å². The van der Waals surface area contributed by atoms with Crippen LogP contribution >= 0.6 is 11.8 Å². The summed E-state index contributed by atoms with van der Waals surface area (Å²) in [4.78, 5) is 33.1. The first-order valence-electron chi connectivity index (χ1n) is 24.8. The molecule has 7 aliphatic heterocycles. The van der Waals surface area contributed by atoms with Crippen molar-refractivity contribution in [2.45, 2.75) is 107 Å². The Balaban J connectivity index is 1.12. The minimum absolute atomic E-state index is 0.00588. The molecule has 1 N–H and O–H groups in total. The highest BCUT2D eigenvalue weighted by molar-refractivity contribution is 7.99. The predicted octanol–water partition coefficient (Wildman–Crippen LogP) is 9.12. The largest absolute Gasteiger partial charge is 0.514 e. The van der Waals surface area contributed by atoms with E-state index in [0.29, 0.717) is 60.3 Å². The van der Waals surface area contributed by atoms with Gasteiger partial charge in [0.2, 0.25) is 6.79 Å². The Bertz CT molecular complexity index is 3030. The number of piperazine rings is 1. The molecule has 16 heteroatoms. The van der Waals surface area contributed by atoms with Gasteiger partial charge in [-0.1, -0.05) is 66.7 Å². The normalized spacial score (nSPS) is 24.7. The first kappa shape index (κ1) is 48.6. The van der Waals surface area contributed by atoms with Crippen molar-refractivity contribution in [3.8, 4) is 46.3 Å². The van der Waals surface area contributed by atoms with Crippen LogP contribution in [0.5, 0.6) is 40.2 Å². The van der Waals surface area contributed by atoms with E-state index in [-0.39, 0.29) is 49.3 Å². The molecule has 1 unspecified atom stereocenters. The lowest BCUT2D eigenvalue weighted by atomic mass is 9.71. The van der Waals surface area contributed by atoms with Gasteiger partial charge in [0.1, 0.15) is 37.2 Å². The number of benzene rings is 5. The van der Waals surface area contributed by atoms with Gasteiger partial charge in [0.25, 0.3) is 0 Å². The number of nitriles is 1. The standard InChI is InChI=1S/C57H60N4O11S/c1-31-21-36-22-38-39(25-58)61-40-28-68-54(62)57(37-24-41(64-7)42(23-35(37)19-20-59-57)71-55(63)72-56(3,4)5)29-73-53(45-44(40)52-50(69-30-70-52)32(2)49(45)66-26-33-15-11-9-12-16-33)47(61)46(60(38)6)43(36)51(48(31)65-8)67-27-34-17-13-10-14-18-34/h9-18,21,23-24,38-40,46-47,53,59H,19-20,22,26-30H2,1-8H3/t38-,39+,40-,46+,47?,53-,57-/m1/s1. The van der Waals surface area contributed by atoms with E-state index in [1.54, 1.807) is 51.8 Å². The van der Waals surface area contributed by atoms with Crippen molar-refractivity contribution in [2.75, 3.05) is 47.0 Å². The van der Waals surface area contributed by atoms with Gasteiger partial charge in [0.15, 0.2) is 40.0 Å². The van der Waals surface area contributed by atoms with Gasteiger partial charge in [0.05, 0.1) is 37.6 Å². The molecule has 0 aromatic heterocycles. The molecule has 1 spiro atoms. The van der Waals surface area contributed by atoms with Crippen molar-refractivity contribution in [2.24, 2.45) is 0 Å². The minimum Gasteiger partial charge on any atom is -0.493 e. The Kier molecular flexibility index (Phi) is 12.7. The van der Waals surface area contributed by atoms with Gasteiger partial charge < -0.3 is 42.6 Å². The minimum atomic E-state index is -1.40. The summed E-state index contributed by atoms with van der Waals surface area (Å²) < 4.78 is 57.1. The van der Waals surface area contributed by atoms with Crippen LogP contribution in [0.15, 0.2) is 78.9 Å². The average Bonchev–Trinajstić information content (AvgIpc) is 3.87. The van der Waals surface area contributed by atoms with Crippen molar-refractivity contribution in [3.05, 3.63) is 134 Å². The topological polar surface area (TPSA) is 160 Å². The Morgan fingerprint density at radius 3 is 2.23 bits per heavy atom. The van der Waals surface area contributed by atoms with E-state index in [2.05, 4.69) is 34.3 Å². The van der Waals surface area contributed by atoms with Crippen LogP contribution in [0.3, 0.4) is 0 Å². The van der Waals surface area contributed by atoms with Gasteiger partial charge in [-0.3, -0.25) is 15.1 Å². The zero-order valence-electron chi connectivity index (χ0n) is 42.4.